The molecule has 0 heterocycles. The van der Waals surface area contributed by atoms with E-state index in [1.165, 1.54) is 0 Å². The van der Waals surface area contributed by atoms with Crippen LogP contribution in [0.1, 0.15) is 30.0 Å². The zero-order chi connectivity index (χ0) is 17.6. The molecule has 2 rings (SSSR count). The van der Waals surface area contributed by atoms with Crippen molar-refractivity contribution in [3.05, 3.63) is 78.4 Å². The number of hydrogen-bond acceptors (Lipinski definition) is 3. The molecule has 0 aliphatic heterocycles. The molecular weight excluding hydrogens is 322 g/mol. The Morgan fingerprint density at radius 2 is 1.75 bits per heavy atom. The van der Waals surface area contributed by atoms with Crippen LogP contribution in [0.15, 0.2) is 72.1 Å². The van der Waals surface area contributed by atoms with Crippen molar-refractivity contribution in [1.29, 1.82) is 0 Å². The molecule has 0 aliphatic carbocycles. The molecule has 24 heavy (non-hydrogen) atoms. The zero-order valence-corrected chi connectivity index (χ0v) is 14.5. The Hall–Kier alpha value is -1.95. The Morgan fingerprint density at radius 1 is 1.12 bits per heavy atom. The van der Waals surface area contributed by atoms with Crippen LogP contribution in [0.3, 0.4) is 0 Å². The lowest BCUT2D eigenvalue weighted by molar-refractivity contribution is 0.129. The van der Waals surface area contributed by atoms with Crippen LogP contribution in [0.4, 0.5) is 0 Å². The molecule has 0 unspecified atom stereocenters. The van der Waals surface area contributed by atoms with Crippen LogP contribution in [-0.2, 0) is 10.0 Å². The van der Waals surface area contributed by atoms with E-state index in [2.05, 4.69) is 11.3 Å². The van der Waals surface area contributed by atoms with Gasteiger partial charge in [0.25, 0.3) is 0 Å². The summed E-state index contributed by atoms with van der Waals surface area (Å²) in [5.41, 5.74) is 1.71. The van der Waals surface area contributed by atoms with E-state index in [1.807, 2.05) is 25.1 Å². The van der Waals surface area contributed by atoms with Gasteiger partial charge < -0.3 is 5.11 Å². The lowest BCUT2D eigenvalue weighted by Gasteiger charge is -2.24. The molecule has 0 bridgehead atoms. The fourth-order valence-electron chi connectivity index (χ4n) is 2.44. The summed E-state index contributed by atoms with van der Waals surface area (Å²) in [5.74, 6) is 0. The highest BCUT2D eigenvalue weighted by Crippen LogP contribution is 2.23. The Kier molecular flexibility index (Phi) is 6.31. The van der Waals surface area contributed by atoms with Crippen molar-refractivity contribution in [2.45, 2.75) is 36.8 Å². The first-order valence-corrected chi connectivity index (χ1v) is 9.35. The molecule has 2 aromatic carbocycles. The van der Waals surface area contributed by atoms with Crippen molar-refractivity contribution in [1.82, 2.24) is 4.72 Å². The molecule has 4 nitrogen and oxygen atoms in total. The third kappa shape index (κ3) is 4.77. The maximum atomic E-state index is 12.7. The summed E-state index contributed by atoms with van der Waals surface area (Å²) in [7, 11) is -3.73. The molecule has 5 heteroatoms. The number of rotatable bonds is 8. The van der Waals surface area contributed by atoms with E-state index in [4.69, 9.17) is 0 Å². The number of aliphatic hydroxyl groups excluding tert-OH is 1. The number of sulfonamides is 1. The van der Waals surface area contributed by atoms with Gasteiger partial charge in [-0.1, -0.05) is 54.1 Å². The van der Waals surface area contributed by atoms with Crippen LogP contribution in [-0.4, -0.2) is 19.6 Å². The van der Waals surface area contributed by atoms with E-state index in [0.29, 0.717) is 12.8 Å². The first kappa shape index (κ1) is 18.4. The molecular formula is C19H23NO3S. The first-order chi connectivity index (χ1) is 11.4. The molecule has 0 saturated heterocycles. The van der Waals surface area contributed by atoms with Crippen LogP contribution < -0.4 is 4.72 Å². The van der Waals surface area contributed by atoms with E-state index in [0.717, 1.165) is 11.1 Å². The van der Waals surface area contributed by atoms with E-state index >= 15 is 0 Å². The van der Waals surface area contributed by atoms with Crippen LogP contribution in [0.2, 0.25) is 0 Å². The van der Waals surface area contributed by atoms with Crippen molar-refractivity contribution in [2.75, 3.05) is 0 Å². The molecule has 0 fully saturated rings. The molecule has 0 radical (unpaired) electrons. The summed E-state index contributed by atoms with van der Waals surface area (Å²) >= 11 is 0. The Morgan fingerprint density at radius 3 is 2.33 bits per heavy atom. The van der Waals surface area contributed by atoms with E-state index in [1.54, 1.807) is 42.5 Å². The molecule has 2 aromatic rings. The lowest BCUT2D eigenvalue weighted by Crippen LogP contribution is -2.36. The molecule has 0 aliphatic rings. The largest absolute Gasteiger partial charge is 0.391 e. The summed E-state index contributed by atoms with van der Waals surface area (Å²) in [4.78, 5) is 0.185. The van der Waals surface area contributed by atoms with E-state index in [-0.39, 0.29) is 4.90 Å². The number of nitrogens with one attached hydrogen (secondary N) is 1. The number of allylic oxidation sites excluding steroid dienone is 1. The van der Waals surface area contributed by atoms with Gasteiger partial charge in [0.2, 0.25) is 10.0 Å². The van der Waals surface area contributed by atoms with Gasteiger partial charge in [0.15, 0.2) is 0 Å². The second-order valence-corrected chi connectivity index (χ2v) is 7.47. The average Bonchev–Trinajstić information content (AvgIpc) is 2.59. The average molecular weight is 345 g/mol. The van der Waals surface area contributed by atoms with Crippen molar-refractivity contribution < 1.29 is 13.5 Å². The van der Waals surface area contributed by atoms with Gasteiger partial charge >= 0.3 is 0 Å². The SMILES string of the molecule is C=CCC[C@@H](O)[C@@H](NS(=O)(=O)c1ccc(C)cc1)c1ccccc1. The van der Waals surface area contributed by atoms with Gasteiger partial charge in [-0.2, -0.15) is 0 Å². The lowest BCUT2D eigenvalue weighted by atomic mass is 9.99. The highest BCUT2D eigenvalue weighted by atomic mass is 32.2. The monoisotopic (exact) mass is 345 g/mol. The molecule has 0 aromatic heterocycles. The Labute approximate surface area is 143 Å². The fourth-order valence-corrected chi connectivity index (χ4v) is 3.69. The Balaban J connectivity index is 2.30. The van der Waals surface area contributed by atoms with Crippen LogP contribution in [0, 0.1) is 6.92 Å². The summed E-state index contributed by atoms with van der Waals surface area (Å²) in [5, 5.41) is 10.5. The second kappa shape index (κ2) is 8.24. The molecule has 2 N–H and O–H groups in total. The van der Waals surface area contributed by atoms with Gasteiger partial charge in [0.1, 0.15) is 0 Å². The minimum Gasteiger partial charge on any atom is -0.391 e. The third-order valence-corrected chi connectivity index (χ3v) is 5.28. The summed E-state index contributed by atoms with van der Waals surface area (Å²) < 4.78 is 28.0. The van der Waals surface area contributed by atoms with Crippen molar-refractivity contribution >= 4 is 10.0 Å². The molecule has 0 amide bonds. The van der Waals surface area contributed by atoms with Gasteiger partial charge in [-0.15, -0.1) is 6.58 Å². The molecule has 0 spiro atoms. The molecule has 0 saturated carbocycles. The maximum Gasteiger partial charge on any atom is 0.241 e. The smallest absolute Gasteiger partial charge is 0.241 e. The second-order valence-electron chi connectivity index (χ2n) is 5.76. The standard InChI is InChI=1S/C19H23NO3S/c1-3-4-10-18(21)19(16-8-6-5-7-9-16)20-24(22,23)17-13-11-15(2)12-14-17/h3,5-9,11-14,18-21H,1,4,10H2,2H3/t18-,19+/m1/s1. The van der Waals surface area contributed by atoms with Crippen molar-refractivity contribution in [2.24, 2.45) is 0 Å². The van der Waals surface area contributed by atoms with E-state index in [9.17, 15) is 13.5 Å². The van der Waals surface area contributed by atoms with Crippen molar-refractivity contribution in [3.8, 4) is 0 Å². The van der Waals surface area contributed by atoms with Gasteiger partial charge in [-0.25, -0.2) is 13.1 Å². The number of aliphatic hydroxyl groups is 1. The number of hydrogen-bond donors (Lipinski definition) is 2. The topological polar surface area (TPSA) is 66.4 Å². The van der Waals surface area contributed by atoms with Crippen LogP contribution in [0.5, 0.6) is 0 Å². The minimum atomic E-state index is -3.73. The third-order valence-electron chi connectivity index (χ3n) is 3.82. The van der Waals surface area contributed by atoms with Crippen LogP contribution >= 0.6 is 0 Å². The Bertz CT molecular complexity index is 755. The predicted octanol–water partition coefficient (Wildman–Crippen LogP) is 3.34. The minimum absolute atomic E-state index is 0.185. The zero-order valence-electron chi connectivity index (χ0n) is 13.7. The molecule has 128 valence electrons. The number of benzene rings is 2. The summed E-state index contributed by atoms with van der Waals surface area (Å²) in [6, 6.07) is 15.0. The summed E-state index contributed by atoms with van der Waals surface area (Å²) in [6.45, 7) is 5.54. The first-order valence-electron chi connectivity index (χ1n) is 7.87. The highest BCUT2D eigenvalue weighted by molar-refractivity contribution is 7.89. The van der Waals surface area contributed by atoms with Gasteiger partial charge in [-0.3, -0.25) is 0 Å². The summed E-state index contributed by atoms with van der Waals surface area (Å²) in [6.07, 6.45) is 1.90. The highest BCUT2D eigenvalue weighted by Gasteiger charge is 2.26. The maximum absolute atomic E-state index is 12.7. The van der Waals surface area contributed by atoms with Crippen molar-refractivity contribution in [3.63, 3.8) is 0 Å². The molecule has 2 atom stereocenters. The quantitative estimate of drug-likeness (QED) is 0.721. The van der Waals surface area contributed by atoms with Gasteiger partial charge in [-0.05, 0) is 37.5 Å². The van der Waals surface area contributed by atoms with Gasteiger partial charge in [0.05, 0.1) is 17.0 Å². The number of aryl methyl sites for hydroxylation is 1. The predicted molar refractivity (Wildman–Crippen MR) is 96.1 cm³/mol. The normalized spacial score (nSPS) is 14.1. The van der Waals surface area contributed by atoms with Crippen LogP contribution in [0.25, 0.3) is 0 Å². The van der Waals surface area contributed by atoms with E-state index < -0.39 is 22.2 Å². The van der Waals surface area contributed by atoms with Gasteiger partial charge in [0, 0.05) is 0 Å². The fraction of sp³-hybridized carbons (Fsp3) is 0.263.